The quantitative estimate of drug-likeness (QED) is 0.382. The van der Waals surface area contributed by atoms with E-state index in [9.17, 15) is 8.78 Å². The van der Waals surface area contributed by atoms with Gasteiger partial charge in [-0.2, -0.15) is 8.78 Å². The summed E-state index contributed by atoms with van der Waals surface area (Å²) < 4.78 is 38.2. The van der Waals surface area contributed by atoms with E-state index in [2.05, 4.69) is 9.88 Å². The zero-order valence-electron chi connectivity index (χ0n) is 16.9. The number of hydrogen-bond acceptors (Lipinski definition) is 4. The molecule has 2 heterocycles. The number of aromatic nitrogens is 2. The Morgan fingerprint density at radius 1 is 1.06 bits per heavy atom. The first-order chi connectivity index (χ1) is 15.5. The fourth-order valence-corrected chi connectivity index (χ4v) is 4.09. The average molecular weight is 454 g/mol. The molecule has 1 unspecified atom stereocenters. The molecule has 1 aliphatic heterocycles. The average Bonchev–Trinajstić information content (AvgIpc) is 3.17. The van der Waals surface area contributed by atoms with Gasteiger partial charge < -0.3 is 14.8 Å². The van der Waals surface area contributed by atoms with Crippen LogP contribution in [-0.2, 0) is 0 Å². The van der Waals surface area contributed by atoms with Crippen LogP contribution in [0.15, 0.2) is 72.8 Å². The first-order valence-corrected chi connectivity index (χ1v) is 10.3. The number of alkyl halides is 2. The topological polar surface area (TPSA) is 48.3 Å². The molecule has 5 nitrogen and oxygen atoms in total. The Hall–Kier alpha value is -3.58. The summed E-state index contributed by atoms with van der Waals surface area (Å²) >= 11 is 6.03. The van der Waals surface area contributed by atoms with Gasteiger partial charge in [0.05, 0.1) is 29.9 Å². The van der Waals surface area contributed by atoms with Crippen LogP contribution in [-0.4, -0.2) is 23.3 Å². The third-order valence-corrected chi connectivity index (χ3v) is 5.59. The van der Waals surface area contributed by atoms with Crippen LogP contribution in [0.2, 0.25) is 5.02 Å². The molecule has 8 heteroatoms. The van der Waals surface area contributed by atoms with E-state index in [-0.39, 0.29) is 11.8 Å². The van der Waals surface area contributed by atoms with Crippen molar-refractivity contribution < 1.29 is 18.3 Å². The van der Waals surface area contributed by atoms with Crippen LogP contribution in [0.5, 0.6) is 11.5 Å². The molecule has 0 spiro atoms. The fourth-order valence-electron chi connectivity index (χ4n) is 3.92. The second-order valence-electron chi connectivity index (χ2n) is 7.24. The maximum absolute atomic E-state index is 13.1. The van der Waals surface area contributed by atoms with Crippen molar-refractivity contribution in [1.29, 1.82) is 0 Å². The number of hydrogen-bond donors (Lipinski definition) is 1. The molecule has 0 bridgehead atoms. The summed E-state index contributed by atoms with van der Waals surface area (Å²) in [5, 5.41) is 3.58. The van der Waals surface area contributed by atoms with Crippen LogP contribution in [0, 0.1) is 0 Å². The lowest BCUT2D eigenvalue weighted by Crippen LogP contribution is -2.19. The van der Waals surface area contributed by atoms with Crippen molar-refractivity contribution in [3.05, 3.63) is 89.0 Å². The highest BCUT2D eigenvalue weighted by Gasteiger charge is 2.27. The Labute approximate surface area is 187 Å². The molecule has 1 atom stereocenters. The molecule has 1 aromatic heterocycles. The Balaban J connectivity index is 1.68. The summed E-state index contributed by atoms with van der Waals surface area (Å²) in [7, 11) is 1.62. The number of anilines is 1. The van der Waals surface area contributed by atoms with Crippen molar-refractivity contribution >= 4 is 34.3 Å². The lowest BCUT2D eigenvalue weighted by molar-refractivity contribution is -0.0500. The first kappa shape index (κ1) is 20.3. The van der Waals surface area contributed by atoms with Gasteiger partial charge >= 0.3 is 6.61 Å². The number of allylic oxidation sites excluding steroid dienone is 1. The molecule has 32 heavy (non-hydrogen) atoms. The van der Waals surface area contributed by atoms with E-state index < -0.39 is 6.61 Å². The summed E-state index contributed by atoms with van der Waals surface area (Å²) in [6, 6.07) is 20.0. The van der Waals surface area contributed by atoms with Crippen molar-refractivity contribution in [2.45, 2.75) is 12.7 Å². The van der Waals surface area contributed by atoms with E-state index in [4.69, 9.17) is 26.1 Å². The summed E-state index contributed by atoms with van der Waals surface area (Å²) in [5.74, 6) is 1.33. The molecule has 162 valence electrons. The van der Waals surface area contributed by atoms with E-state index in [1.165, 1.54) is 6.07 Å². The van der Waals surface area contributed by atoms with Gasteiger partial charge in [-0.05, 0) is 54.1 Å². The van der Waals surface area contributed by atoms with Crippen LogP contribution >= 0.6 is 11.6 Å². The van der Waals surface area contributed by atoms with Gasteiger partial charge in [-0.25, -0.2) is 4.98 Å². The van der Waals surface area contributed by atoms with Gasteiger partial charge in [-0.3, -0.25) is 4.57 Å². The van der Waals surface area contributed by atoms with Crippen LogP contribution in [0.1, 0.15) is 17.2 Å². The largest absolute Gasteiger partial charge is 0.497 e. The van der Waals surface area contributed by atoms with Crippen LogP contribution in [0.25, 0.3) is 16.7 Å². The summed E-state index contributed by atoms with van der Waals surface area (Å²) in [5.41, 5.74) is 3.82. The van der Waals surface area contributed by atoms with Crippen LogP contribution in [0.3, 0.4) is 0 Å². The zero-order valence-corrected chi connectivity index (χ0v) is 17.7. The predicted octanol–water partition coefficient (Wildman–Crippen LogP) is 6.36. The molecule has 0 fully saturated rings. The van der Waals surface area contributed by atoms with Crippen molar-refractivity contribution in [3.8, 4) is 11.5 Å². The molecule has 0 amide bonds. The van der Waals surface area contributed by atoms with Crippen molar-refractivity contribution in [3.63, 3.8) is 0 Å². The third kappa shape index (κ3) is 3.65. The normalized spacial score (nSPS) is 15.3. The maximum Gasteiger partial charge on any atom is 0.387 e. The van der Waals surface area contributed by atoms with Crippen molar-refractivity contribution in [2.75, 3.05) is 12.4 Å². The highest BCUT2D eigenvalue weighted by Crippen LogP contribution is 2.40. The number of imidazole rings is 1. The molecule has 0 aliphatic carbocycles. The number of methoxy groups -OCH3 is 1. The minimum Gasteiger partial charge on any atom is -0.497 e. The predicted molar refractivity (Wildman–Crippen MR) is 121 cm³/mol. The minimum atomic E-state index is -2.97. The Morgan fingerprint density at radius 2 is 1.84 bits per heavy atom. The molecule has 0 saturated carbocycles. The number of benzene rings is 3. The number of ether oxygens (including phenoxy) is 2. The molecule has 0 radical (unpaired) electrons. The van der Waals surface area contributed by atoms with Crippen LogP contribution in [0.4, 0.5) is 14.7 Å². The lowest BCUT2D eigenvalue weighted by Gasteiger charge is -2.27. The molecule has 3 aromatic carbocycles. The molecule has 4 aromatic rings. The maximum atomic E-state index is 13.1. The summed E-state index contributed by atoms with van der Waals surface area (Å²) in [4.78, 5) is 4.72. The number of halogens is 3. The Kier molecular flexibility index (Phi) is 5.19. The van der Waals surface area contributed by atoms with E-state index in [0.717, 1.165) is 22.3 Å². The number of rotatable bonds is 5. The second-order valence-corrected chi connectivity index (χ2v) is 7.67. The summed E-state index contributed by atoms with van der Waals surface area (Å²) in [6.45, 7) is -2.97. The van der Waals surface area contributed by atoms with Gasteiger partial charge in [-0.1, -0.05) is 35.9 Å². The third-order valence-electron chi connectivity index (χ3n) is 5.35. The molecule has 1 N–H and O–H groups in total. The minimum absolute atomic E-state index is 0.00991. The standard InChI is InChI=1S/C24H18ClF2N3O2/c1-31-16-9-6-14(7-10-16)21-13-19(17-11-8-15(25)12-22(17)32-23(26)27)29-24-28-18-4-2-3-5-20(18)30(21)24/h2-13,21,23H,1H3,(H,28,29). The van der Waals surface area contributed by atoms with Gasteiger partial charge in [-0.15, -0.1) is 0 Å². The van der Waals surface area contributed by atoms with Crippen molar-refractivity contribution in [2.24, 2.45) is 0 Å². The van der Waals surface area contributed by atoms with E-state index in [1.807, 2.05) is 54.6 Å². The Bertz CT molecular complexity index is 1320. The lowest BCUT2D eigenvalue weighted by atomic mass is 10.0. The van der Waals surface area contributed by atoms with Crippen LogP contribution < -0.4 is 14.8 Å². The number of nitrogens with zero attached hydrogens (tertiary/aromatic N) is 2. The number of para-hydroxylation sites is 2. The number of nitrogens with one attached hydrogen (secondary N) is 1. The first-order valence-electron chi connectivity index (χ1n) is 9.88. The second kappa shape index (κ2) is 8.16. The number of fused-ring (bicyclic) bond motifs is 3. The highest BCUT2D eigenvalue weighted by atomic mass is 35.5. The summed E-state index contributed by atoms with van der Waals surface area (Å²) in [6.07, 6.45) is 1.96. The van der Waals surface area contributed by atoms with Gasteiger partial charge in [0, 0.05) is 10.6 Å². The highest BCUT2D eigenvalue weighted by molar-refractivity contribution is 6.30. The SMILES string of the molecule is COc1ccc(C2C=C(c3ccc(Cl)cc3OC(F)F)Nc3nc4ccccc4n32)cc1. The zero-order chi connectivity index (χ0) is 22.2. The molecular formula is C24H18ClF2N3O2. The molecular weight excluding hydrogens is 436 g/mol. The Morgan fingerprint density at radius 3 is 2.59 bits per heavy atom. The molecule has 0 saturated heterocycles. The molecule has 1 aliphatic rings. The smallest absolute Gasteiger partial charge is 0.387 e. The van der Waals surface area contributed by atoms with Gasteiger partial charge in [0.1, 0.15) is 11.5 Å². The van der Waals surface area contributed by atoms with Gasteiger partial charge in [0.25, 0.3) is 0 Å². The van der Waals surface area contributed by atoms with E-state index in [0.29, 0.717) is 22.2 Å². The fraction of sp³-hybridized carbons (Fsp3) is 0.125. The van der Waals surface area contributed by atoms with Crippen molar-refractivity contribution in [1.82, 2.24) is 9.55 Å². The molecule has 5 rings (SSSR count). The van der Waals surface area contributed by atoms with E-state index >= 15 is 0 Å². The van der Waals surface area contributed by atoms with Gasteiger partial charge in [0.2, 0.25) is 5.95 Å². The van der Waals surface area contributed by atoms with E-state index in [1.54, 1.807) is 19.2 Å². The monoisotopic (exact) mass is 453 g/mol. The van der Waals surface area contributed by atoms with Gasteiger partial charge in [0.15, 0.2) is 0 Å².